The molecule has 0 amide bonds. The minimum absolute atomic E-state index is 0.127. The van der Waals surface area contributed by atoms with Crippen LogP contribution in [0.1, 0.15) is 5.56 Å². The van der Waals surface area contributed by atoms with Crippen molar-refractivity contribution in [2.75, 3.05) is 25.1 Å². The Morgan fingerprint density at radius 2 is 2.24 bits per heavy atom. The third kappa shape index (κ3) is 5.12. The van der Waals surface area contributed by atoms with E-state index in [4.69, 9.17) is 5.26 Å². The van der Waals surface area contributed by atoms with E-state index in [9.17, 15) is 13.2 Å². The van der Waals surface area contributed by atoms with Crippen molar-refractivity contribution >= 4 is 5.82 Å². The average Bonchev–Trinajstić information content (AvgIpc) is 2.27. The van der Waals surface area contributed by atoms with Gasteiger partial charge in [0.25, 0.3) is 0 Å². The van der Waals surface area contributed by atoms with Gasteiger partial charge in [-0.3, -0.25) is 0 Å². The lowest BCUT2D eigenvalue weighted by atomic mass is 10.3. The summed E-state index contributed by atoms with van der Waals surface area (Å²) in [6.45, 7) is -1.29. The van der Waals surface area contributed by atoms with Gasteiger partial charge in [-0.25, -0.2) is 9.97 Å². The highest BCUT2D eigenvalue weighted by Gasteiger charge is 2.27. The summed E-state index contributed by atoms with van der Waals surface area (Å²) < 4.78 is 39.5. The number of hydrogen-bond acceptors (Lipinski definition) is 5. The van der Waals surface area contributed by atoms with Gasteiger partial charge >= 0.3 is 6.18 Å². The Balaban J connectivity index is 2.30. The van der Waals surface area contributed by atoms with E-state index in [0.29, 0.717) is 0 Å². The molecule has 8 heteroatoms. The first-order valence-corrected chi connectivity index (χ1v) is 4.61. The number of halogens is 3. The predicted octanol–water partition coefficient (Wildman–Crippen LogP) is 1.34. The molecular formula is C9H9F3N4O. The molecule has 1 aromatic heterocycles. The monoisotopic (exact) mass is 246 g/mol. The zero-order chi connectivity index (χ0) is 12.7. The van der Waals surface area contributed by atoms with Gasteiger partial charge in [-0.05, 0) is 0 Å². The van der Waals surface area contributed by atoms with Crippen LogP contribution in [0.2, 0.25) is 0 Å². The van der Waals surface area contributed by atoms with Crippen LogP contribution in [0.15, 0.2) is 12.5 Å². The maximum absolute atomic E-state index is 11.7. The van der Waals surface area contributed by atoms with Crippen LogP contribution >= 0.6 is 0 Å². The summed E-state index contributed by atoms with van der Waals surface area (Å²) in [5, 5.41) is 11.4. The van der Waals surface area contributed by atoms with Crippen LogP contribution in [0, 0.1) is 11.3 Å². The second-order valence-corrected chi connectivity index (χ2v) is 2.99. The third-order valence-corrected chi connectivity index (χ3v) is 1.64. The number of ether oxygens (including phenoxy) is 1. The van der Waals surface area contributed by atoms with Gasteiger partial charge in [0.1, 0.15) is 30.4 Å². The van der Waals surface area contributed by atoms with Gasteiger partial charge in [0.15, 0.2) is 0 Å². The summed E-state index contributed by atoms with van der Waals surface area (Å²) in [5.74, 6) is 0.276. The van der Waals surface area contributed by atoms with Crippen LogP contribution < -0.4 is 5.32 Å². The van der Waals surface area contributed by atoms with Crippen molar-refractivity contribution in [3.8, 4) is 6.07 Å². The third-order valence-electron chi connectivity index (χ3n) is 1.64. The summed E-state index contributed by atoms with van der Waals surface area (Å²) >= 11 is 0. The summed E-state index contributed by atoms with van der Waals surface area (Å²) in [4.78, 5) is 7.41. The van der Waals surface area contributed by atoms with Crippen molar-refractivity contribution in [3.05, 3.63) is 18.1 Å². The van der Waals surface area contributed by atoms with Gasteiger partial charge in [-0.1, -0.05) is 0 Å². The molecule has 0 saturated carbocycles. The number of nitriles is 1. The molecule has 1 N–H and O–H groups in total. The second-order valence-electron chi connectivity index (χ2n) is 2.99. The lowest BCUT2D eigenvalue weighted by molar-refractivity contribution is -0.172. The number of alkyl halides is 3. The van der Waals surface area contributed by atoms with Crippen molar-refractivity contribution in [1.82, 2.24) is 9.97 Å². The van der Waals surface area contributed by atoms with Gasteiger partial charge in [0.2, 0.25) is 0 Å². The molecule has 0 aliphatic rings. The maximum atomic E-state index is 11.7. The molecule has 1 heterocycles. The summed E-state index contributed by atoms with van der Waals surface area (Å²) in [6.07, 6.45) is -1.78. The van der Waals surface area contributed by atoms with Crippen LogP contribution in [0.4, 0.5) is 19.0 Å². The largest absolute Gasteiger partial charge is 0.411 e. The highest BCUT2D eigenvalue weighted by atomic mass is 19.4. The smallest absolute Gasteiger partial charge is 0.370 e. The minimum Gasteiger partial charge on any atom is -0.370 e. The molecule has 5 nitrogen and oxygen atoms in total. The van der Waals surface area contributed by atoms with Crippen molar-refractivity contribution in [2.24, 2.45) is 0 Å². The van der Waals surface area contributed by atoms with Crippen molar-refractivity contribution in [3.63, 3.8) is 0 Å². The maximum Gasteiger partial charge on any atom is 0.411 e. The fraction of sp³-hybridized carbons (Fsp3) is 0.444. The lowest BCUT2D eigenvalue weighted by Gasteiger charge is -2.09. The summed E-state index contributed by atoms with van der Waals surface area (Å²) in [5.41, 5.74) is 0.225. The second kappa shape index (κ2) is 6.00. The van der Waals surface area contributed by atoms with Crippen LogP contribution in [-0.2, 0) is 4.74 Å². The van der Waals surface area contributed by atoms with Crippen molar-refractivity contribution in [1.29, 1.82) is 5.26 Å². The number of aromatic nitrogens is 2. The van der Waals surface area contributed by atoms with Gasteiger partial charge < -0.3 is 10.1 Å². The number of nitrogens with zero attached hydrogens (tertiary/aromatic N) is 3. The Hall–Kier alpha value is -1.88. The first kappa shape index (κ1) is 13.2. The number of rotatable bonds is 5. The fourth-order valence-electron chi connectivity index (χ4n) is 0.982. The van der Waals surface area contributed by atoms with E-state index in [1.165, 1.54) is 12.5 Å². The molecule has 0 aliphatic carbocycles. The molecule has 1 aromatic rings. The van der Waals surface area contributed by atoms with E-state index in [-0.39, 0.29) is 24.5 Å². The Bertz CT molecular complexity index is 402. The molecule has 0 bridgehead atoms. The van der Waals surface area contributed by atoms with Gasteiger partial charge in [0.05, 0.1) is 12.8 Å². The summed E-state index contributed by atoms with van der Waals surface area (Å²) in [6, 6.07) is 1.85. The van der Waals surface area contributed by atoms with E-state index in [2.05, 4.69) is 20.0 Å². The van der Waals surface area contributed by atoms with Crippen molar-refractivity contribution < 1.29 is 17.9 Å². The normalized spacial score (nSPS) is 10.9. The molecule has 0 aromatic carbocycles. The fourth-order valence-corrected chi connectivity index (χ4v) is 0.982. The van der Waals surface area contributed by atoms with Crippen LogP contribution in [0.5, 0.6) is 0 Å². The zero-order valence-electron chi connectivity index (χ0n) is 8.66. The first-order chi connectivity index (χ1) is 8.03. The highest BCUT2D eigenvalue weighted by Crippen LogP contribution is 2.14. The lowest BCUT2D eigenvalue weighted by Crippen LogP contribution is -2.20. The SMILES string of the molecule is N#Cc1cncnc1NCCOCC(F)(F)F. The molecule has 0 atom stereocenters. The van der Waals surface area contributed by atoms with E-state index >= 15 is 0 Å². The molecule has 0 radical (unpaired) electrons. The molecule has 1 rings (SSSR count). The molecule has 0 fully saturated rings. The molecule has 17 heavy (non-hydrogen) atoms. The Morgan fingerprint density at radius 3 is 2.88 bits per heavy atom. The standard InChI is InChI=1S/C9H9F3N4O/c10-9(11,12)5-17-2-1-15-8-7(3-13)4-14-6-16-8/h4,6H,1-2,5H2,(H,14,15,16). The zero-order valence-corrected chi connectivity index (χ0v) is 8.66. The molecule has 92 valence electrons. The average molecular weight is 246 g/mol. The quantitative estimate of drug-likeness (QED) is 0.794. The molecule has 0 unspecified atom stereocenters. The molecule has 0 saturated heterocycles. The van der Waals surface area contributed by atoms with Gasteiger partial charge in [-0.2, -0.15) is 18.4 Å². The van der Waals surface area contributed by atoms with E-state index in [1.54, 1.807) is 0 Å². The minimum atomic E-state index is -4.33. The van der Waals surface area contributed by atoms with E-state index in [1.807, 2.05) is 6.07 Å². The number of hydrogen-bond donors (Lipinski definition) is 1. The van der Waals surface area contributed by atoms with E-state index in [0.717, 1.165) is 0 Å². The first-order valence-electron chi connectivity index (χ1n) is 4.61. The van der Waals surface area contributed by atoms with Crippen LogP contribution in [0.3, 0.4) is 0 Å². The molecular weight excluding hydrogens is 237 g/mol. The predicted molar refractivity (Wildman–Crippen MR) is 52.1 cm³/mol. The van der Waals surface area contributed by atoms with E-state index < -0.39 is 12.8 Å². The van der Waals surface area contributed by atoms with Crippen molar-refractivity contribution in [2.45, 2.75) is 6.18 Å². The Labute approximate surface area is 95.2 Å². The highest BCUT2D eigenvalue weighted by molar-refractivity contribution is 5.49. The number of anilines is 1. The van der Waals surface area contributed by atoms with Crippen LogP contribution in [-0.4, -0.2) is 35.9 Å². The number of nitrogens with one attached hydrogen (secondary N) is 1. The van der Waals surface area contributed by atoms with Gasteiger partial charge in [0, 0.05) is 6.54 Å². The topological polar surface area (TPSA) is 70.8 Å². The summed E-state index contributed by atoms with van der Waals surface area (Å²) in [7, 11) is 0. The van der Waals surface area contributed by atoms with Crippen LogP contribution in [0.25, 0.3) is 0 Å². The molecule has 0 aliphatic heterocycles. The Kier molecular flexibility index (Phi) is 4.66. The molecule has 0 spiro atoms. The van der Waals surface area contributed by atoms with Gasteiger partial charge in [-0.15, -0.1) is 0 Å². The Morgan fingerprint density at radius 1 is 1.47 bits per heavy atom.